The number of amides is 2. The van der Waals surface area contributed by atoms with E-state index in [0.717, 1.165) is 6.07 Å². The molecule has 0 saturated heterocycles. The average molecular weight is 434 g/mol. The van der Waals surface area contributed by atoms with Gasteiger partial charge in [0.2, 0.25) is 0 Å². The van der Waals surface area contributed by atoms with E-state index in [0.29, 0.717) is 29.3 Å². The topological polar surface area (TPSA) is 77.4 Å². The third-order valence-corrected chi connectivity index (χ3v) is 4.35. The largest absolute Gasteiger partial charge is 0.497 e. The normalized spacial score (nSPS) is 11.1. The zero-order chi connectivity index (χ0) is 22.4. The number of alkyl halides is 3. The molecule has 0 fully saturated rings. The van der Waals surface area contributed by atoms with Gasteiger partial charge in [0.15, 0.2) is 5.69 Å². The fraction of sp³-hybridized carbons (Fsp3) is 0.238. The Labute approximate surface area is 176 Å². The van der Waals surface area contributed by atoms with Gasteiger partial charge >= 0.3 is 12.2 Å². The number of hydrogen-bond acceptors (Lipinski definition) is 4. The van der Waals surface area contributed by atoms with Crippen LogP contribution in [0.4, 0.5) is 18.0 Å². The number of urea groups is 1. The van der Waals surface area contributed by atoms with Gasteiger partial charge in [0.1, 0.15) is 18.1 Å². The van der Waals surface area contributed by atoms with Crippen LogP contribution in [0.3, 0.4) is 0 Å². The summed E-state index contributed by atoms with van der Waals surface area (Å²) in [6, 6.07) is 13.9. The summed E-state index contributed by atoms with van der Waals surface area (Å²) in [5.74, 6) is 1.11. The van der Waals surface area contributed by atoms with Crippen LogP contribution in [0.25, 0.3) is 16.9 Å². The van der Waals surface area contributed by atoms with Crippen LogP contribution in [0.2, 0.25) is 0 Å². The Balaban J connectivity index is 1.83. The average Bonchev–Trinajstić information content (AvgIpc) is 3.23. The third-order valence-electron chi connectivity index (χ3n) is 4.35. The predicted molar refractivity (Wildman–Crippen MR) is 109 cm³/mol. The second-order valence-corrected chi connectivity index (χ2v) is 6.40. The van der Waals surface area contributed by atoms with E-state index >= 15 is 0 Å². The van der Waals surface area contributed by atoms with Crippen molar-refractivity contribution < 1.29 is 27.4 Å². The maximum Gasteiger partial charge on any atom is 0.435 e. The lowest BCUT2D eigenvalue weighted by Crippen LogP contribution is -2.35. The predicted octanol–water partition coefficient (Wildman–Crippen LogP) is 3.87. The number of nitrogens with one attached hydrogen (secondary N) is 2. The summed E-state index contributed by atoms with van der Waals surface area (Å²) in [7, 11) is 3.02. The Morgan fingerprint density at radius 2 is 1.71 bits per heavy atom. The molecule has 31 heavy (non-hydrogen) atoms. The lowest BCUT2D eigenvalue weighted by molar-refractivity contribution is -0.141. The second kappa shape index (κ2) is 9.41. The van der Waals surface area contributed by atoms with Crippen molar-refractivity contribution in [1.82, 2.24) is 20.4 Å². The highest BCUT2D eigenvalue weighted by Crippen LogP contribution is 2.34. The summed E-state index contributed by atoms with van der Waals surface area (Å²) in [4.78, 5) is 11.1. The van der Waals surface area contributed by atoms with Crippen molar-refractivity contribution in [3.05, 3.63) is 60.3 Å². The molecule has 1 heterocycles. The zero-order valence-corrected chi connectivity index (χ0v) is 16.9. The summed E-state index contributed by atoms with van der Waals surface area (Å²) < 4.78 is 51.8. The molecule has 0 aliphatic heterocycles. The number of benzene rings is 2. The van der Waals surface area contributed by atoms with Crippen LogP contribution in [0.5, 0.6) is 11.5 Å². The summed E-state index contributed by atoms with van der Waals surface area (Å²) in [5, 5.41) is 8.78. The number of carbonyl (C=O) groups excluding carboxylic acids is 1. The van der Waals surface area contributed by atoms with E-state index in [2.05, 4.69) is 15.7 Å². The monoisotopic (exact) mass is 434 g/mol. The number of carbonyl (C=O) groups is 1. The molecule has 2 amide bonds. The molecular formula is C21H21F3N4O3. The molecule has 0 aliphatic rings. The summed E-state index contributed by atoms with van der Waals surface area (Å²) in [6.07, 6.45) is -4.58. The fourth-order valence-corrected chi connectivity index (χ4v) is 2.79. The minimum absolute atomic E-state index is 0.245. The molecule has 1 aromatic heterocycles. The van der Waals surface area contributed by atoms with Crippen molar-refractivity contribution in [1.29, 1.82) is 0 Å². The van der Waals surface area contributed by atoms with Crippen molar-refractivity contribution in [2.45, 2.75) is 6.18 Å². The summed E-state index contributed by atoms with van der Waals surface area (Å²) >= 11 is 0. The molecule has 0 atom stereocenters. The van der Waals surface area contributed by atoms with Gasteiger partial charge in [-0.1, -0.05) is 0 Å². The highest BCUT2D eigenvalue weighted by Gasteiger charge is 2.35. The van der Waals surface area contributed by atoms with Crippen LogP contribution >= 0.6 is 0 Å². The van der Waals surface area contributed by atoms with Crippen molar-refractivity contribution in [2.24, 2.45) is 0 Å². The molecule has 0 aliphatic carbocycles. The Kier molecular flexibility index (Phi) is 6.68. The lowest BCUT2D eigenvalue weighted by atomic mass is 10.1. The van der Waals surface area contributed by atoms with E-state index in [9.17, 15) is 18.0 Å². The molecule has 10 heteroatoms. The van der Waals surface area contributed by atoms with E-state index in [4.69, 9.17) is 9.47 Å². The highest BCUT2D eigenvalue weighted by molar-refractivity contribution is 5.73. The smallest absolute Gasteiger partial charge is 0.435 e. The Morgan fingerprint density at radius 3 is 2.29 bits per heavy atom. The Hall–Kier alpha value is -3.69. The van der Waals surface area contributed by atoms with Crippen LogP contribution in [0, 0.1) is 0 Å². The van der Waals surface area contributed by atoms with Gasteiger partial charge in [-0.15, -0.1) is 0 Å². The maximum absolute atomic E-state index is 13.3. The highest BCUT2D eigenvalue weighted by atomic mass is 19.4. The van der Waals surface area contributed by atoms with Crippen molar-refractivity contribution in [3.8, 4) is 28.4 Å². The molecule has 7 nitrogen and oxygen atoms in total. The van der Waals surface area contributed by atoms with Crippen LogP contribution in [-0.2, 0) is 6.18 Å². The number of aromatic nitrogens is 2. The number of hydrogen-bond donors (Lipinski definition) is 2. The van der Waals surface area contributed by atoms with Gasteiger partial charge in [-0.25, -0.2) is 9.48 Å². The van der Waals surface area contributed by atoms with Gasteiger partial charge in [0, 0.05) is 12.6 Å². The number of rotatable bonds is 7. The van der Waals surface area contributed by atoms with E-state index in [1.165, 1.54) is 18.8 Å². The van der Waals surface area contributed by atoms with Gasteiger partial charge in [-0.3, -0.25) is 0 Å². The molecule has 2 aromatic carbocycles. The zero-order valence-electron chi connectivity index (χ0n) is 16.9. The summed E-state index contributed by atoms with van der Waals surface area (Å²) in [6.45, 7) is 0.551. The van der Waals surface area contributed by atoms with Crippen molar-refractivity contribution in [3.63, 3.8) is 0 Å². The molecule has 164 valence electrons. The van der Waals surface area contributed by atoms with Crippen LogP contribution < -0.4 is 20.1 Å². The number of halogens is 3. The molecule has 0 saturated carbocycles. The first-order valence-corrected chi connectivity index (χ1v) is 9.32. The number of ether oxygens (including phenoxy) is 2. The minimum atomic E-state index is -4.58. The van der Waals surface area contributed by atoms with E-state index in [1.807, 2.05) is 0 Å². The van der Waals surface area contributed by atoms with E-state index < -0.39 is 11.9 Å². The summed E-state index contributed by atoms with van der Waals surface area (Å²) in [5.41, 5.74) is 0.297. The van der Waals surface area contributed by atoms with Gasteiger partial charge < -0.3 is 20.1 Å². The third kappa shape index (κ3) is 5.47. The van der Waals surface area contributed by atoms with Gasteiger partial charge in [0.05, 0.1) is 25.0 Å². The Bertz CT molecular complexity index is 1020. The van der Waals surface area contributed by atoms with Crippen molar-refractivity contribution >= 4 is 6.03 Å². The fourth-order valence-electron chi connectivity index (χ4n) is 2.79. The Morgan fingerprint density at radius 1 is 1.06 bits per heavy atom. The lowest BCUT2D eigenvalue weighted by Gasteiger charge is -2.10. The van der Waals surface area contributed by atoms with E-state index in [-0.39, 0.29) is 18.3 Å². The molecule has 0 bridgehead atoms. The van der Waals surface area contributed by atoms with Crippen LogP contribution in [-0.4, -0.2) is 43.1 Å². The molecule has 3 aromatic rings. The van der Waals surface area contributed by atoms with Crippen LogP contribution in [0.15, 0.2) is 54.6 Å². The second-order valence-electron chi connectivity index (χ2n) is 6.40. The first-order chi connectivity index (χ1) is 14.8. The van der Waals surface area contributed by atoms with Gasteiger partial charge in [0.25, 0.3) is 0 Å². The quantitative estimate of drug-likeness (QED) is 0.554. The molecule has 0 spiro atoms. The maximum atomic E-state index is 13.3. The molecule has 3 rings (SSSR count). The van der Waals surface area contributed by atoms with Gasteiger partial charge in [-0.2, -0.15) is 18.3 Å². The standard InChI is InChI=1S/C21H21F3N4O3/c1-25-20(29)26-11-12-31-17-7-3-14(4-8-17)18-13-19(21(22,23)24)27-28(18)15-5-9-16(30-2)10-6-15/h3-10,13H,11-12H2,1-2H3,(H2,25,26,29). The molecule has 0 radical (unpaired) electrons. The first-order valence-electron chi connectivity index (χ1n) is 9.32. The first kappa shape index (κ1) is 22.0. The SMILES string of the molecule is CNC(=O)NCCOc1ccc(-c2cc(C(F)(F)F)nn2-c2ccc(OC)cc2)cc1. The minimum Gasteiger partial charge on any atom is -0.497 e. The molecule has 0 unspecified atom stereocenters. The van der Waals surface area contributed by atoms with Crippen LogP contribution in [0.1, 0.15) is 5.69 Å². The molecule has 2 N–H and O–H groups in total. The van der Waals surface area contributed by atoms with Gasteiger partial charge in [-0.05, 0) is 54.6 Å². The number of methoxy groups -OCH3 is 1. The number of nitrogens with zero attached hydrogens (tertiary/aromatic N) is 2. The van der Waals surface area contributed by atoms with E-state index in [1.54, 1.807) is 48.5 Å². The van der Waals surface area contributed by atoms with Crippen molar-refractivity contribution in [2.75, 3.05) is 27.3 Å². The molecular weight excluding hydrogens is 413 g/mol.